The molecule has 2 aliphatic heterocycles. The van der Waals surface area contributed by atoms with Gasteiger partial charge in [0.2, 0.25) is 0 Å². The second-order valence-corrected chi connectivity index (χ2v) is 8.09. The van der Waals surface area contributed by atoms with E-state index in [4.69, 9.17) is 4.74 Å². The monoisotopic (exact) mass is 387 g/mol. The van der Waals surface area contributed by atoms with Gasteiger partial charge in [-0.15, -0.1) is 0 Å². The first-order valence-corrected chi connectivity index (χ1v) is 10.5. The van der Waals surface area contributed by atoms with Crippen molar-refractivity contribution in [3.63, 3.8) is 0 Å². The zero-order chi connectivity index (χ0) is 19.9. The second-order valence-electron chi connectivity index (χ2n) is 8.09. The fraction of sp³-hybridized carbons (Fsp3) is 0.636. The van der Waals surface area contributed by atoms with E-state index in [2.05, 4.69) is 17.1 Å². The Bertz CT molecular complexity index is 653. The number of hydrogen-bond acceptors (Lipinski definition) is 4. The third-order valence-corrected chi connectivity index (χ3v) is 5.94. The number of nitrogens with one attached hydrogen (secondary N) is 1. The summed E-state index contributed by atoms with van der Waals surface area (Å²) in [5.74, 6) is 0.711. The van der Waals surface area contributed by atoms with Crippen LogP contribution in [-0.2, 0) is 4.74 Å². The van der Waals surface area contributed by atoms with Crippen LogP contribution in [0.1, 0.15) is 53.3 Å². The Hall–Kier alpha value is -1.92. The van der Waals surface area contributed by atoms with Gasteiger partial charge in [0.25, 0.3) is 11.8 Å². The standard InChI is InChI=1S/C22H33N3O3/c1-17-4-3-12-25(16-17)20-9-13-24(14-10-20)22(27)19-7-5-18(6-8-19)21(26)23-11-15-28-2/h5-8,17,20H,3-4,9-16H2,1-2H3,(H,23,26). The van der Waals surface area contributed by atoms with Gasteiger partial charge in [-0.25, -0.2) is 0 Å². The molecule has 6 nitrogen and oxygen atoms in total. The van der Waals surface area contributed by atoms with Crippen LogP contribution in [0.3, 0.4) is 0 Å². The van der Waals surface area contributed by atoms with Crippen LogP contribution in [0.4, 0.5) is 0 Å². The molecule has 1 N–H and O–H groups in total. The Morgan fingerprint density at radius 3 is 2.39 bits per heavy atom. The van der Waals surface area contributed by atoms with Crippen molar-refractivity contribution >= 4 is 11.8 Å². The number of ether oxygens (including phenoxy) is 1. The summed E-state index contributed by atoms with van der Waals surface area (Å²) in [6.45, 7) is 7.33. The Morgan fingerprint density at radius 1 is 1.07 bits per heavy atom. The van der Waals surface area contributed by atoms with Crippen molar-refractivity contribution in [2.45, 2.75) is 38.6 Å². The highest BCUT2D eigenvalue weighted by Crippen LogP contribution is 2.24. The molecule has 2 saturated heterocycles. The number of benzene rings is 1. The van der Waals surface area contributed by atoms with Crippen LogP contribution in [0.15, 0.2) is 24.3 Å². The molecule has 154 valence electrons. The summed E-state index contributed by atoms with van der Waals surface area (Å²) in [4.78, 5) is 29.5. The van der Waals surface area contributed by atoms with Crippen LogP contribution in [0.5, 0.6) is 0 Å². The van der Waals surface area contributed by atoms with Crippen molar-refractivity contribution in [1.82, 2.24) is 15.1 Å². The maximum absolute atomic E-state index is 12.8. The van der Waals surface area contributed by atoms with Crippen molar-refractivity contribution in [2.75, 3.05) is 46.4 Å². The minimum atomic E-state index is -0.146. The summed E-state index contributed by atoms with van der Waals surface area (Å²) < 4.78 is 4.93. The Balaban J connectivity index is 1.50. The SMILES string of the molecule is COCCNC(=O)c1ccc(C(=O)N2CCC(N3CCCC(C)C3)CC2)cc1. The molecule has 3 rings (SSSR count). The van der Waals surface area contributed by atoms with E-state index in [0.29, 0.717) is 30.3 Å². The average Bonchev–Trinajstić information content (AvgIpc) is 2.73. The van der Waals surface area contributed by atoms with Gasteiger partial charge in [-0.05, 0) is 62.4 Å². The van der Waals surface area contributed by atoms with Crippen LogP contribution >= 0.6 is 0 Å². The topological polar surface area (TPSA) is 61.9 Å². The van der Waals surface area contributed by atoms with Gasteiger partial charge in [0.1, 0.15) is 0 Å². The molecule has 2 heterocycles. The largest absolute Gasteiger partial charge is 0.383 e. The lowest BCUT2D eigenvalue weighted by Gasteiger charge is -2.41. The molecule has 1 aromatic carbocycles. The molecular formula is C22H33N3O3. The molecule has 0 aliphatic carbocycles. The van der Waals surface area contributed by atoms with Crippen molar-refractivity contribution in [2.24, 2.45) is 5.92 Å². The number of hydrogen-bond donors (Lipinski definition) is 1. The third-order valence-electron chi connectivity index (χ3n) is 5.94. The highest BCUT2D eigenvalue weighted by atomic mass is 16.5. The number of carbonyl (C=O) groups excluding carboxylic acids is 2. The molecule has 0 radical (unpaired) electrons. The van der Waals surface area contributed by atoms with E-state index in [1.165, 1.54) is 25.9 Å². The van der Waals surface area contributed by atoms with E-state index in [1.807, 2.05) is 4.90 Å². The van der Waals surface area contributed by atoms with Gasteiger partial charge in [-0.2, -0.15) is 0 Å². The van der Waals surface area contributed by atoms with Crippen molar-refractivity contribution in [3.8, 4) is 0 Å². The van der Waals surface area contributed by atoms with Crippen LogP contribution < -0.4 is 5.32 Å². The highest BCUT2D eigenvalue weighted by Gasteiger charge is 2.29. The van der Waals surface area contributed by atoms with Crippen molar-refractivity contribution < 1.29 is 14.3 Å². The summed E-state index contributed by atoms with van der Waals surface area (Å²) in [6.07, 6.45) is 4.75. The fourth-order valence-corrected chi connectivity index (χ4v) is 4.31. The van der Waals surface area contributed by atoms with Crippen LogP contribution in [0.2, 0.25) is 0 Å². The summed E-state index contributed by atoms with van der Waals surface area (Å²) in [5, 5.41) is 2.79. The number of carbonyl (C=O) groups is 2. The molecule has 2 fully saturated rings. The van der Waals surface area contributed by atoms with Gasteiger partial charge in [0.15, 0.2) is 0 Å². The molecule has 2 aliphatic rings. The lowest BCUT2D eigenvalue weighted by Crippen LogP contribution is -2.49. The highest BCUT2D eigenvalue weighted by molar-refractivity contribution is 5.97. The van der Waals surface area contributed by atoms with Gasteiger partial charge in [-0.3, -0.25) is 14.5 Å². The first kappa shape index (κ1) is 20.8. The van der Waals surface area contributed by atoms with E-state index in [-0.39, 0.29) is 11.8 Å². The van der Waals surface area contributed by atoms with E-state index >= 15 is 0 Å². The average molecular weight is 388 g/mol. The number of piperidine rings is 2. The fourth-order valence-electron chi connectivity index (χ4n) is 4.31. The van der Waals surface area contributed by atoms with Crippen LogP contribution in [-0.4, -0.2) is 74.1 Å². The lowest BCUT2D eigenvalue weighted by molar-refractivity contribution is 0.0541. The minimum Gasteiger partial charge on any atom is -0.383 e. The smallest absolute Gasteiger partial charge is 0.253 e. The Labute approximate surface area is 168 Å². The van der Waals surface area contributed by atoms with Gasteiger partial charge >= 0.3 is 0 Å². The quantitative estimate of drug-likeness (QED) is 0.762. The van der Waals surface area contributed by atoms with Crippen LogP contribution in [0, 0.1) is 5.92 Å². The summed E-state index contributed by atoms with van der Waals surface area (Å²) in [5.41, 5.74) is 1.21. The number of methoxy groups -OCH3 is 1. The zero-order valence-electron chi connectivity index (χ0n) is 17.2. The third kappa shape index (κ3) is 5.32. The maximum Gasteiger partial charge on any atom is 0.253 e. The maximum atomic E-state index is 12.8. The molecule has 0 saturated carbocycles. The molecule has 6 heteroatoms. The predicted octanol–water partition coefficient (Wildman–Crippen LogP) is 2.40. The number of rotatable bonds is 6. The van der Waals surface area contributed by atoms with Gasteiger partial charge in [0.05, 0.1) is 6.61 Å². The second kappa shape index (κ2) is 10.0. The molecule has 0 spiro atoms. The predicted molar refractivity (Wildman–Crippen MR) is 110 cm³/mol. The van der Waals surface area contributed by atoms with E-state index in [1.54, 1.807) is 31.4 Å². The molecule has 1 atom stereocenters. The van der Waals surface area contributed by atoms with E-state index < -0.39 is 0 Å². The van der Waals surface area contributed by atoms with Gasteiger partial charge in [-0.1, -0.05) is 6.92 Å². The molecule has 1 unspecified atom stereocenters. The van der Waals surface area contributed by atoms with Crippen molar-refractivity contribution in [1.29, 1.82) is 0 Å². The first-order chi connectivity index (χ1) is 13.6. The Kier molecular flexibility index (Phi) is 7.45. The lowest BCUT2D eigenvalue weighted by atomic mass is 9.95. The van der Waals surface area contributed by atoms with Crippen molar-refractivity contribution in [3.05, 3.63) is 35.4 Å². The zero-order valence-corrected chi connectivity index (χ0v) is 17.2. The number of nitrogens with zero attached hydrogens (tertiary/aromatic N) is 2. The normalized spacial score (nSPS) is 21.5. The first-order valence-electron chi connectivity index (χ1n) is 10.5. The molecule has 2 amide bonds. The summed E-state index contributed by atoms with van der Waals surface area (Å²) >= 11 is 0. The molecule has 1 aromatic rings. The summed E-state index contributed by atoms with van der Waals surface area (Å²) in [7, 11) is 1.60. The van der Waals surface area contributed by atoms with E-state index in [9.17, 15) is 9.59 Å². The van der Waals surface area contributed by atoms with Gasteiger partial charge in [0, 0.05) is 50.5 Å². The minimum absolute atomic E-state index is 0.0665. The number of amides is 2. The van der Waals surface area contributed by atoms with Gasteiger partial charge < -0.3 is 15.0 Å². The molecule has 0 aromatic heterocycles. The van der Waals surface area contributed by atoms with E-state index in [0.717, 1.165) is 31.8 Å². The van der Waals surface area contributed by atoms with Crippen LogP contribution in [0.25, 0.3) is 0 Å². The Morgan fingerprint density at radius 2 is 1.75 bits per heavy atom. The summed E-state index contributed by atoms with van der Waals surface area (Å²) in [6, 6.07) is 7.57. The molecule has 28 heavy (non-hydrogen) atoms. The number of likely N-dealkylation sites (tertiary alicyclic amines) is 2. The molecular weight excluding hydrogens is 354 g/mol. The molecule has 0 bridgehead atoms.